The molecule has 1 atom stereocenters. The zero-order chi connectivity index (χ0) is 25.7. The van der Waals surface area contributed by atoms with Crippen molar-refractivity contribution in [1.29, 1.82) is 0 Å². The molecule has 1 aliphatic carbocycles. The number of hydrogen-bond donors (Lipinski definition) is 5. The molecule has 0 saturated carbocycles. The summed E-state index contributed by atoms with van der Waals surface area (Å²) < 4.78 is 31.2. The van der Waals surface area contributed by atoms with Crippen molar-refractivity contribution in [3.63, 3.8) is 0 Å². The molecular formula is C22H19BClF2N5O4. The SMILES string of the molecule is [B]C(O)(O)c1nc(-c2ccc(NC(=O)C(O)C3=CCCC(Cl)=C3)c(F)c2F)c2c(N)nc(C)cn12. The molecule has 0 fully saturated rings. The van der Waals surface area contributed by atoms with Crippen LogP contribution >= 0.6 is 11.6 Å². The summed E-state index contributed by atoms with van der Waals surface area (Å²) in [5, 5.41) is 32.7. The highest BCUT2D eigenvalue weighted by atomic mass is 35.5. The van der Waals surface area contributed by atoms with Crippen LogP contribution in [0.4, 0.5) is 20.3 Å². The third-order valence-electron chi connectivity index (χ3n) is 5.34. The Morgan fingerprint density at radius 3 is 2.69 bits per heavy atom. The van der Waals surface area contributed by atoms with Crippen molar-refractivity contribution in [1.82, 2.24) is 14.4 Å². The van der Waals surface area contributed by atoms with E-state index in [1.165, 1.54) is 12.3 Å². The highest BCUT2D eigenvalue weighted by Crippen LogP contribution is 2.35. The molecular weight excluding hydrogens is 483 g/mol. The number of aryl methyl sites for hydroxylation is 1. The number of nitrogens with zero attached hydrogens (tertiary/aromatic N) is 3. The largest absolute Gasteiger partial charge is 0.382 e. The summed E-state index contributed by atoms with van der Waals surface area (Å²) in [7, 11) is 5.37. The van der Waals surface area contributed by atoms with E-state index >= 15 is 4.39 Å². The monoisotopic (exact) mass is 501 g/mol. The third-order valence-corrected chi connectivity index (χ3v) is 5.64. The fourth-order valence-electron chi connectivity index (χ4n) is 3.77. The van der Waals surface area contributed by atoms with E-state index in [-0.39, 0.29) is 22.6 Å². The molecule has 1 aliphatic rings. The second-order valence-electron chi connectivity index (χ2n) is 8.01. The lowest BCUT2D eigenvalue weighted by molar-refractivity contribution is -0.122. The van der Waals surface area contributed by atoms with Crippen molar-refractivity contribution in [2.75, 3.05) is 11.1 Å². The van der Waals surface area contributed by atoms with Crippen LogP contribution in [0.1, 0.15) is 24.4 Å². The third kappa shape index (κ3) is 4.65. The van der Waals surface area contributed by atoms with Crippen molar-refractivity contribution in [3.05, 3.63) is 64.2 Å². The van der Waals surface area contributed by atoms with Gasteiger partial charge < -0.3 is 26.4 Å². The number of imidazole rings is 1. The summed E-state index contributed by atoms with van der Waals surface area (Å²) in [6, 6.07) is 2.17. The summed E-state index contributed by atoms with van der Waals surface area (Å²) in [5.41, 5.74) is 2.40. The van der Waals surface area contributed by atoms with Gasteiger partial charge in [-0.25, -0.2) is 18.7 Å². The van der Waals surface area contributed by atoms with Crippen LogP contribution in [0.15, 0.2) is 41.1 Å². The summed E-state index contributed by atoms with van der Waals surface area (Å²) in [6.45, 7) is 1.57. The van der Waals surface area contributed by atoms with Gasteiger partial charge in [-0.05, 0) is 43.5 Å². The minimum Gasteiger partial charge on any atom is -0.382 e. The maximum absolute atomic E-state index is 15.2. The van der Waals surface area contributed by atoms with Crippen LogP contribution in [0.5, 0.6) is 0 Å². The number of hydrogen-bond acceptors (Lipinski definition) is 7. The van der Waals surface area contributed by atoms with Crippen LogP contribution in [-0.2, 0) is 10.5 Å². The number of aliphatic hydroxyl groups excluding tert-OH is 1. The summed E-state index contributed by atoms with van der Waals surface area (Å²) in [5.74, 6) is -4.50. The van der Waals surface area contributed by atoms with Gasteiger partial charge in [0, 0.05) is 16.8 Å². The fourth-order valence-corrected chi connectivity index (χ4v) is 4.00. The number of aromatic nitrogens is 3. The molecule has 2 heterocycles. The molecule has 0 bridgehead atoms. The maximum Gasteiger partial charge on any atom is 0.257 e. The molecule has 2 aromatic heterocycles. The number of allylic oxidation sites excluding steroid dienone is 2. The van der Waals surface area contributed by atoms with E-state index in [1.807, 2.05) is 0 Å². The number of halogens is 3. The number of nitrogen functional groups attached to an aromatic ring is 1. The van der Waals surface area contributed by atoms with E-state index in [9.17, 15) is 24.5 Å². The van der Waals surface area contributed by atoms with Gasteiger partial charge in [-0.15, -0.1) is 0 Å². The normalized spacial score (nSPS) is 15.1. The van der Waals surface area contributed by atoms with Gasteiger partial charge in [0.15, 0.2) is 37.1 Å². The summed E-state index contributed by atoms with van der Waals surface area (Å²) >= 11 is 5.94. The van der Waals surface area contributed by atoms with Crippen molar-refractivity contribution < 1.29 is 28.9 Å². The lowest BCUT2D eigenvalue weighted by Gasteiger charge is -2.16. The predicted molar refractivity (Wildman–Crippen MR) is 125 cm³/mol. The molecule has 1 unspecified atom stereocenters. The first-order valence-corrected chi connectivity index (χ1v) is 10.7. The topological polar surface area (TPSA) is 146 Å². The Morgan fingerprint density at radius 1 is 1.31 bits per heavy atom. The van der Waals surface area contributed by atoms with E-state index in [0.717, 1.165) is 16.5 Å². The van der Waals surface area contributed by atoms with Gasteiger partial charge in [-0.2, -0.15) is 0 Å². The van der Waals surface area contributed by atoms with Crippen molar-refractivity contribution in [2.24, 2.45) is 0 Å². The Kier molecular flexibility index (Phi) is 6.41. The van der Waals surface area contributed by atoms with Crippen molar-refractivity contribution in [3.8, 4) is 11.3 Å². The van der Waals surface area contributed by atoms with Gasteiger partial charge >= 0.3 is 0 Å². The van der Waals surface area contributed by atoms with Gasteiger partial charge in [0.25, 0.3) is 5.91 Å². The molecule has 1 aromatic carbocycles. The predicted octanol–water partition coefficient (Wildman–Crippen LogP) is 1.97. The van der Waals surface area contributed by atoms with Gasteiger partial charge in [0.1, 0.15) is 17.0 Å². The molecule has 9 nitrogen and oxygen atoms in total. The molecule has 3 aromatic rings. The average molecular weight is 502 g/mol. The number of amides is 1. The van der Waals surface area contributed by atoms with E-state index in [1.54, 1.807) is 13.0 Å². The number of fused-ring (bicyclic) bond motifs is 1. The fraction of sp³-hybridized carbons (Fsp3) is 0.227. The Bertz CT molecular complexity index is 1420. The quantitative estimate of drug-likeness (QED) is 0.265. The molecule has 6 N–H and O–H groups in total. The minimum absolute atomic E-state index is 0.0399. The van der Waals surface area contributed by atoms with Crippen LogP contribution in [0.2, 0.25) is 0 Å². The Labute approximate surface area is 204 Å². The number of nitrogens with one attached hydrogen (secondary N) is 1. The molecule has 1 amide bonds. The van der Waals surface area contributed by atoms with E-state index in [0.29, 0.717) is 23.6 Å². The van der Waals surface area contributed by atoms with Gasteiger partial charge in [-0.1, -0.05) is 17.7 Å². The number of aliphatic hydroxyl groups is 3. The number of carbonyl (C=O) groups excluding carboxylic acids is 1. The van der Waals surface area contributed by atoms with E-state index in [2.05, 4.69) is 15.3 Å². The van der Waals surface area contributed by atoms with Crippen LogP contribution < -0.4 is 11.1 Å². The molecule has 13 heteroatoms. The van der Waals surface area contributed by atoms with Crippen LogP contribution in [0, 0.1) is 18.6 Å². The first-order chi connectivity index (χ1) is 16.4. The second kappa shape index (κ2) is 9.04. The Hall–Kier alpha value is -3.32. The Balaban J connectivity index is 1.74. The highest BCUT2D eigenvalue weighted by Gasteiger charge is 2.30. The van der Waals surface area contributed by atoms with Crippen LogP contribution in [0.3, 0.4) is 0 Å². The van der Waals surface area contributed by atoms with E-state index in [4.69, 9.17) is 25.2 Å². The van der Waals surface area contributed by atoms with Gasteiger partial charge in [-0.3, -0.25) is 9.20 Å². The first-order valence-electron chi connectivity index (χ1n) is 10.3. The number of benzene rings is 1. The number of carbonyl (C=O) groups is 1. The van der Waals surface area contributed by atoms with Crippen LogP contribution in [-0.4, -0.2) is 49.5 Å². The lowest BCUT2D eigenvalue weighted by Crippen LogP contribution is -2.30. The van der Waals surface area contributed by atoms with Crippen molar-refractivity contribution >= 4 is 42.4 Å². The molecule has 4 rings (SSSR count). The Morgan fingerprint density at radius 2 is 2.03 bits per heavy atom. The van der Waals surface area contributed by atoms with Crippen molar-refractivity contribution in [2.45, 2.75) is 31.6 Å². The van der Waals surface area contributed by atoms with Gasteiger partial charge in [0.05, 0.1) is 11.4 Å². The molecule has 35 heavy (non-hydrogen) atoms. The average Bonchev–Trinajstić information content (AvgIpc) is 3.16. The number of rotatable bonds is 5. The maximum atomic E-state index is 15.2. The van der Waals surface area contributed by atoms with E-state index < -0.39 is 46.4 Å². The molecule has 0 aliphatic heterocycles. The first kappa shape index (κ1) is 24.8. The zero-order valence-electron chi connectivity index (χ0n) is 18.3. The smallest absolute Gasteiger partial charge is 0.257 e. The molecule has 0 spiro atoms. The molecule has 180 valence electrons. The lowest BCUT2D eigenvalue weighted by atomic mass is 9.94. The number of anilines is 2. The molecule has 2 radical (unpaired) electrons. The minimum atomic E-state index is -2.92. The standard InChI is InChI=1S/C22H19BClF2N5O4/c1-9-8-31-17(19(27)28-9)16(30-21(31)22(23,34)35)12-5-6-13(15(26)14(12)25)29-20(33)18(32)10-3-2-4-11(24)7-10/h3,5-8,18,32,34-35H,2,4H2,1H3,(H2,27,28)(H,29,33). The zero-order valence-corrected chi connectivity index (χ0v) is 19.0. The number of nitrogens with two attached hydrogens (primary N) is 1. The summed E-state index contributed by atoms with van der Waals surface area (Å²) in [4.78, 5) is 20.5. The second-order valence-corrected chi connectivity index (χ2v) is 8.50. The molecule has 0 saturated heterocycles. The van der Waals surface area contributed by atoms with Crippen LogP contribution in [0.25, 0.3) is 16.8 Å². The summed E-state index contributed by atoms with van der Waals surface area (Å²) in [6.07, 6.45) is 3.86. The van der Waals surface area contributed by atoms with Gasteiger partial charge in [0.2, 0.25) is 0 Å². The highest BCUT2D eigenvalue weighted by molar-refractivity contribution is 6.29.